The molecule has 5 nitrogen and oxygen atoms in total. The fourth-order valence-electron chi connectivity index (χ4n) is 5.01. The molecule has 2 N–H and O–H groups in total. The third-order valence-electron chi connectivity index (χ3n) is 6.27. The predicted octanol–water partition coefficient (Wildman–Crippen LogP) is 4.99. The summed E-state index contributed by atoms with van der Waals surface area (Å²) < 4.78 is 5.78. The number of carbonyl (C=O) groups is 2. The first kappa shape index (κ1) is 24.8. The number of rotatable bonds is 8. The normalized spacial score (nSPS) is 15.6. The molecule has 2 atom stereocenters. The molecule has 0 fully saturated rings. The van der Waals surface area contributed by atoms with Gasteiger partial charge in [0.15, 0.2) is 0 Å². The third kappa shape index (κ3) is 5.07. The highest BCUT2D eigenvalue weighted by atomic mass is 16.6. The zero-order valence-corrected chi connectivity index (χ0v) is 20.7. The summed E-state index contributed by atoms with van der Waals surface area (Å²) in [6, 6.07) is 25.5. The Balaban J connectivity index is 1.88. The molecule has 0 spiro atoms. The molecular formula is C30H33NO4. The Hall–Kier alpha value is -3.28. The number of aliphatic hydroxyl groups is 1. The highest BCUT2D eigenvalue weighted by Crippen LogP contribution is 2.51. The van der Waals surface area contributed by atoms with Crippen molar-refractivity contribution in [2.75, 3.05) is 0 Å². The van der Waals surface area contributed by atoms with Crippen molar-refractivity contribution in [3.63, 3.8) is 0 Å². The standard InChI is InChI=1S/C30H33NO4/c1-20(32)18-22(33)19-27(28(34)35-29(2,3)4)31-30(21-12-6-5-7-13-21)25-16-10-8-14-23(25)24-15-9-11-17-26(24)30/h5-17,22,27,31,33H,18-19H2,1-4H3/t22-,27+/m1/s1. The maximum absolute atomic E-state index is 13.5. The zero-order chi connectivity index (χ0) is 25.2. The summed E-state index contributed by atoms with van der Waals surface area (Å²) in [5, 5.41) is 14.3. The van der Waals surface area contributed by atoms with Crippen LogP contribution in [0.15, 0.2) is 78.9 Å². The van der Waals surface area contributed by atoms with Crippen LogP contribution in [0.5, 0.6) is 0 Å². The molecule has 5 heteroatoms. The van der Waals surface area contributed by atoms with Crippen molar-refractivity contribution in [2.45, 2.75) is 63.8 Å². The summed E-state index contributed by atoms with van der Waals surface area (Å²) in [7, 11) is 0. The van der Waals surface area contributed by atoms with Crippen molar-refractivity contribution in [3.05, 3.63) is 95.6 Å². The van der Waals surface area contributed by atoms with Crippen LogP contribution < -0.4 is 5.32 Å². The fourth-order valence-corrected chi connectivity index (χ4v) is 5.01. The average molecular weight is 472 g/mol. The Morgan fingerprint density at radius 2 is 1.40 bits per heavy atom. The largest absolute Gasteiger partial charge is 0.459 e. The molecular weight excluding hydrogens is 438 g/mol. The number of carbonyl (C=O) groups excluding carboxylic acids is 2. The summed E-state index contributed by atoms with van der Waals surface area (Å²) in [5.41, 5.74) is 3.68. The first-order valence-electron chi connectivity index (χ1n) is 12.0. The molecule has 0 radical (unpaired) electrons. The molecule has 0 heterocycles. The van der Waals surface area contributed by atoms with Gasteiger partial charge >= 0.3 is 5.97 Å². The minimum Gasteiger partial charge on any atom is -0.459 e. The first-order valence-corrected chi connectivity index (χ1v) is 12.0. The lowest BCUT2D eigenvalue weighted by Gasteiger charge is -2.38. The molecule has 1 aliphatic rings. The lowest BCUT2D eigenvalue weighted by molar-refractivity contribution is -0.159. The minimum atomic E-state index is -0.975. The Bertz CT molecular complexity index is 1170. The van der Waals surface area contributed by atoms with Crippen LogP contribution in [0, 0.1) is 0 Å². The molecule has 182 valence electrons. The number of ketones is 1. The van der Waals surface area contributed by atoms with Gasteiger partial charge in [-0.2, -0.15) is 0 Å². The van der Waals surface area contributed by atoms with E-state index in [0.717, 1.165) is 27.8 Å². The van der Waals surface area contributed by atoms with Gasteiger partial charge in [0.05, 0.1) is 11.6 Å². The second-order valence-electron chi connectivity index (χ2n) is 10.2. The van der Waals surface area contributed by atoms with E-state index in [9.17, 15) is 14.7 Å². The minimum absolute atomic E-state index is 0.0213. The molecule has 0 saturated carbocycles. The number of hydrogen-bond donors (Lipinski definition) is 2. The lowest BCUT2D eigenvalue weighted by atomic mass is 9.79. The van der Waals surface area contributed by atoms with Crippen molar-refractivity contribution in [2.24, 2.45) is 0 Å². The molecule has 0 aromatic heterocycles. The number of aliphatic hydroxyl groups excluding tert-OH is 1. The summed E-state index contributed by atoms with van der Waals surface area (Å²) in [6.07, 6.45) is -0.947. The third-order valence-corrected chi connectivity index (χ3v) is 6.27. The fraction of sp³-hybridized carbons (Fsp3) is 0.333. The smallest absolute Gasteiger partial charge is 0.323 e. The number of esters is 1. The molecule has 35 heavy (non-hydrogen) atoms. The van der Waals surface area contributed by atoms with E-state index in [2.05, 4.69) is 29.6 Å². The van der Waals surface area contributed by atoms with E-state index < -0.39 is 29.3 Å². The molecule has 0 bridgehead atoms. The molecule has 3 aromatic rings. The quantitative estimate of drug-likeness (QED) is 0.453. The number of ether oxygens (including phenoxy) is 1. The van der Waals surface area contributed by atoms with Crippen molar-refractivity contribution < 1.29 is 19.4 Å². The van der Waals surface area contributed by atoms with E-state index >= 15 is 0 Å². The highest BCUT2D eigenvalue weighted by molar-refractivity contribution is 5.84. The van der Waals surface area contributed by atoms with Gasteiger partial charge in [-0.05, 0) is 61.9 Å². The van der Waals surface area contributed by atoms with Crippen molar-refractivity contribution in [1.82, 2.24) is 5.32 Å². The zero-order valence-electron chi connectivity index (χ0n) is 20.7. The SMILES string of the molecule is CC(=O)C[C@@H](O)C[C@H](NC1(c2ccccc2)c2ccccc2-c2ccccc21)C(=O)OC(C)(C)C. The number of hydrogen-bond acceptors (Lipinski definition) is 5. The van der Waals surface area contributed by atoms with Crippen molar-refractivity contribution in [3.8, 4) is 11.1 Å². The lowest BCUT2D eigenvalue weighted by Crippen LogP contribution is -2.54. The van der Waals surface area contributed by atoms with Crippen molar-refractivity contribution in [1.29, 1.82) is 0 Å². The van der Waals surface area contributed by atoms with Gasteiger partial charge in [-0.3, -0.25) is 14.9 Å². The van der Waals surface area contributed by atoms with Gasteiger partial charge in [-0.15, -0.1) is 0 Å². The molecule has 0 unspecified atom stereocenters. The Morgan fingerprint density at radius 3 is 1.91 bits per heavy atom. The van der Waals surface area contributed by atoms with Crippen LogP contribution in [0.4, 0.5) is 0 Å². The Labute approximate surface area is 207 Å². The van der Waals surface area contributed by atoms with E-state index in [1.165, 1.54) is 6.92 Å². The van der Waals surface area contributed by atoms with Gasteiger partial charge in [-0.25, -0.2) is 0 Å². The summed E-state index contributed by atoms with van der Waals surface area (Å²) in [6.45, 7) is 6.90. The van der Waals surface area contributed by atoms with Crippen molar-refractivity contribution >= 4 is 11.8 Å². The van der Waals surface area contributed by atoms with Gasteiger partial charge in [-0.1, -0.05) is 78.9 Å². The number of nitrogens with one attached hydrogen (secondary N) is 1. The second kappa shape index (κ2) is 9.76. The van der Waals surface area contributed by atoms with Gasteiger partial charge in [0, 0.05) is 6.42 Å². The van der Waals surface area contributed by atoms with Crippen LogP contribution in [-0.4, -0.2) is 34.6 Å². The molecule has 3 aromatic carbocycles. The summed E-state index contributed by atoms with van der Waals surface area (Å²) in [4.78, 5) is 25.2. The van der Waals surface area contributed by atoms with E-state index in [1.54, 1.807) is 0 Å². The molecule has 1 aliphatic carbocycles. The predicted molar refractivity (Wildman–Crippen MR) is 137 cm³/mol. The number of benzene rings is 3. The summed E-state index contributed by atoms with van der Waals surface area (Å²) in [5.74, 6) is -0.591. The van der Waals surface area contributed by atoms with E-state index in [-0.39, 0.29) is 18.6 Å². The van der Waals surface area contributed by atoms with Gasteiger partial charge in [0.2, 0.25) is 0 Å². The Morgan fingerprint density at radius 1 is 0.886 bits per heavy atom. The molecule has 0 saturated heterocycles. The number of fused-ring (bicyclic) bond motifs is 3. The highest BCUT2D eigenvalue weighted by Gasteiger charge is 2.47. The van der Waals surface area contributed by atoms with Gasteiger partial charge in [0.1, 0.15) is 17.4 Å². The van der Waals surface area contributed by atoms with Crippen LogP contribution in [-0.2, 0) is 19.9 Å². The topological polar surface area (TPSA) is 75.6 Å². The Kier molecular flexibility index (Phi) is 6.93. The van der Waals surface area contributed by atoms with E-state index in [0.29, 0.717) is 0 Å². The molecule has 4 rings (SSSR count). The molecule has 0 amide bonds. The van der Waals surface area contributed by atoms with Gasteiger partial charge in [0.25, 0.3) is 0 Å². The van der Waals surface area contributed by atoms with Gasteiger partial charge < -0.3 is 9.84 Å². The second-order valence-corrected chi connectivity index (χ2v) is 10.2. The maximum Gasteiger partial charge on any atom is 0.323 e. The van der Waals surface area contributed by atoms with E-state index in [1.807, 2.05) is 75.4 Å². The first-order chi connectivity index (χ1) is 16.6. The summed E-state index contributed by atoms with van der Waals surface area (Å²) >= 11 is 0. The van der Waals surface area contributed by atoms with Crippen LogP contribution in [0.2, 0.25) is 0 Å². The van der Waals surface area contributed by atoms with E-state index in [4.69, 9.17) is 4.74 Å². The van der Waals surface area contributed by atoms with Crippen LogP contribution in [0.3, 0.4) is 0 Å². The molecule has 0 aliphatic heterocycles. The monoisotopic (exact) mass is 471 g/mol. The van der Waals surface area contributed by atoms with Crippen LogP contribution >= 0.6 is 0 Å². The average Bonchev–Trinajstić information content (AvgIpc) is 3.09. The number of Topliss-reactive ketones (excluding diaryl/α,β-unsaturated/α-hetero) is 1. The maximum atomic E-state index is 13.5. The van der Waals surface area contributed by atoms with Crippen LogP contribution in [0.1, 0.15) is 57.2 Å². The van der Waals surface area contributed by atoms with Crippen LogP contribution in [0.25, 0.3) is 11.1 Å².